The summed E-state index contributed by atoms with van der Waals surface area (Å²) in [4.78, 5) is 20.5. The van der Waals surface area contributed by atoms with E-state index in [-0.39, 0.29) is 0 Å². The third-order valence-corrected chi connectivity index (χ3v) is 11.8. The number of rotatable bonds is 4. The molecule has 2 aromatic heterocycles. The minimum absolute atomic E-state index is 0.579. The summed E-state index contributed by atoms with van der Waals surface area (Å²) < 4.78 is 6.62. The van der Waals surface area contributed by atoms with Crippen LogP contribution < -0.4 is 4.74 Å². The van der Waals surface area contributed by atoms with E-state index in [1.54, 1.807) is 0 Å². The van der Waals surface area contributed by atoms with Crippen LogP contribution in [0.15, 0.2) is 194 Å². The zero-order chi connectivity index (χ0) is 38.2. The van der Waals surface area contributed by atoms with E-state index in [9.17, 15) is 0 Å². The highest BCUT2D eigenvalue weighted by molar-refractivity contribution is 6.14. The van der Waals surface area contributed by atoms with Gasteiger partial charge in [-0.25, -0.2) is 19.9 Å². The van der Waals surface area contributed by atoms with E-state index < -0.39 is 5.41 Å². The summed E-state index contributed by atoms with van der Waals surface area (Å²) in [7, 11) is 0. The van der Waals surface area contributed by atoms with E-state index in [0.717, 1.165) is 72.2 Å². The van der Waals surface area contributed by atoms with Crippen molar-refractivity contribution in [2.75, 3.05) is 0 Å². The monoisotopic (exact) mass is 740 g/mol. The van der Waals surface area contributed by atoms with Gasteiger partial charge in [0.05, 0.1) is 16.6 Å². The highest BCUT2D eigenvalue weighted by atomic mass is 16.5. The van der Waals surface area contributed by atoms with Crippen LogP contribution in [0.2, 0.25) is 0 Å². The number of pyridine rings is 1. The molecule has 12 rings (SSSR count). The molecule has 2 aliphatic rings. The molecule has 0 unspecified atom stereocenters. The first-order valence-electron chi connectivity index (χ1n) is 19.6. The van der Waals surface area contributed by atoms with Gasteiger partial charge in [-0.05, 0) is 58.0 Å². The van der Waals surface area contributed by atoms with Crippen LogP contribution in [-0.4, -0.2) is 19.9 Å². The molecule has 1 spiro atoms. The van der Waals surface area contributed by atoms with Crippen molar-refractivity contribution >= 4 is 21.7 Å². The predicted octanol–water partition coefficient (Wildman–Crippen LogP) is 12.7. The molecule has 0 atom stereocenters. The van der Waals surface area contributed by atoms with Gasteiger partial charge in [0.2, 0.25) is 0 Å². The average molecular weight is 741 g/mol. The minimum Gasteiger partial charge on any atom is -0.457 e. The van der Waals surface area contributed by atoms with Crippen molar-refractivity contribution in [1.82, 2.24) is 19.9 Å². The van der Waals surface area contributed by atoms with Gasteiger partial charge < -0.3 is 4.74 Å². The zero-order valence-corrected chi connectivity index (χ0v) is 31.2. The number of hydrogen-bond donors (Lipinski definition) is 0. The fourth-order valence-corrected chi connectivity index (χ4v) is 9.24. The zero-order valence-electron chi connectivity index (χ0n) is 31.2. The van der Waals surface area contributed by atoms with Crippen LogP contribution in [-0.2, 0) is 5.41 Å². The second-order valence-electron chi connectivity index (χ2n) is 14.9. The van der Waals surface area contributed by atoms with E-state index in [1.165, 1.54) is 22.3 Å². The molecule has 1 aliphatic heterocycles. The first kappa shape index (κ1) is 32.5. The van der Waals surface area contributed by atoms with Crippen molar-refractivity contribution in [3.05, 3.63) is 216 Å². The summed E-state index contributed by atoms with van der Waals surface area (Å²) in [5.74, 6) is 3.60. The molecule has 3 heterocycles. The molecule has 0 N–H and O–H groups in total. The summed E-state index contributed by atoms with van der Waals surface area (Å²) in [5.41, 5.74) is 12.2. The minimum atomic E-state index is -0.579. The molecule has 0 radical (unpaired) electrons. The molecule has 270 valence electrons. The third-order valence-electron chi connectivity index (χ3n) is 11.8. The Hall–Kier alpha value is -7.76. The average Bonchev–Trinajstić information content (AvgIpc) is 3.58. The van der Waals surface area contributed by atoms with Crippen molar-refractivity contribution in [3.63, 3.8) is 0 Å². The highest BCUT2D eigenvalue weighted by Gasteiger charge is 2.51. The normalized spacial score (nSPS) is 13.1. The van der Waals surface area contributed by atoms with Crippen molar-refractivity contribution in [3.8, 4) is 68.0 Å². The lowest BCUT2D eigenvalue weighted by Crippen LogP contribution is -2.32. The molecular formula is C53H32N4O. The van der Waals surface area contributed by atoms with Crippen LogP contribution in [0.25, 0.3) is 78.2 Å². The van der Waals surface area contributed by atoms with Crippen molar-refractivity contribution in [2.24, 2.45) is 0 Å². The topological polar surface area (TPSA) is 60.8 Å². The Balaban J connectivity index is 1.14. The summed E-state index contributed by atoms with van der Waals surface area (Å²) in [6.07, 6.45) is 0. The van der Waals surface area contributed by atoms with Crippen LogP contribution in [0.1, 0.15) is 22.3 Å². The fourth-order valence-electron chi connectivity index (χ4n) is 9.24. The Morgan fingerprint density at radius 3 is 1.47 bits per heavy atom. The Bertz CT molecular complexity index is 3150. The largest absolute Gasteiger partial charge is 0.457 e. The third kappa shape index (κ3) is 4.77. The number of para-hydroxylation sites is 2. The quantitative estimate of drug-likeness (QED) is 0.168. The second-order valence-corrected chi connectivity index (χ2v) is 14.9. The van der Waals surface area contributed by atoms with Crippen molar-refractivity contribution in [1.29, 1.82) is 0 Å². The molecule has 5 heteroatoms. The van der Waals surface area contributed by atoms with Crippen LogP contribution in [0.4, 0.5) is 0 Å². The molecule has 58 heavy (non-hydrogen) atoms. The van der Waals surface area contributed by atoms with Gasteiger partial charge >= 0.3 is 0 Å². The Morgan fingerprint density at radius 2 is 0.845 bits per heavy atom. The maximum Gasteiger partial charge on any atom is 0.164 e. The standard InChI is InChI=1S/C53H32N4O/c1-4-16-33(17-5-1)49-41-32-45-40(37-22-10-11-23-42(37)53(45)43-24-12-14-26-47(43)58-48-27-15-13-25-44(48)53)31-39(41)38-29-28-36(30-46(38)54-49)52-56-50(34-18-6-2-7-19-34)55-51(57-52)35-20-8-3-9-21-35/h1-32H. The lowest BCUT2D eigenvalue weighted by Gasteiger charge is -2.39. The Kier molecular flexibility index (Phi) is 7.07. The number of nitrogens with zero attached hydrogens (tertiary/aromatic N) is 4. The summed E-state index contributed by atoms with van der Waals surface area (Å²) >= 11 is 0. The fraction of sp³-hybridized carbons (Fsp3) is 0.0189. The van der Waals surface area contributed by atoms with E-state index in [1.807, 2.05) is 60.7 Å². The van der Waals surface area contributed by atoms with Crippen LogP contribution in [0.5, 0.6) is 11.5 Å². The molecule has 5 nitrogen and oxygen atoms in total. The maximum atomic E-state index is 6.62. The number of ether oxygens (including phenoxy) is 1. The van der Waals surface area contributed by atoms with Gasteiger partial charge in [-0.15, -0.1) is 0 Å². The SMILES string of the molecule is c1ccc(-c2nc(-c3ccccc3)nc(-c3ccc4c(c3)nc(-c3ccccc3)c3cc5c(cc34)-c3ccccc3C53c4ccccc4Oc4ccccc43)n2)cc1. The molecule has 0 amide bonds. The number of benzene rings is 8. The lowest BCUT2D eigenvalue weighted by molar-refractivity contribution is 0.436. The molecule has 0 saturated heterocycles. The Labute approximate surface area is 335 Å². The Morgan fingerprint density at radius 1 is 0.328 bits per heavy atom. The molecule has 0 saturated carbocycles. The van der Waals surface area contributed by atoms with Crippen LogP contribution >= 0.6 is 0 Å². The predicted molar refractivity (Wildman–Crippen MR) is 232 cm³/mol. The van der Waals surface area contributed by atoms with Gasteiger partial charge in [0.15, 0.2) is 17.5 Å². The highest BCUT2D eigenvalue weighted by Crippen LogP contribution is 2.62. The van der Waals surface area contributed by atoms with Crippen LogP contribution in [0.3, 0.4) is 0 Å². The van der Waals surface area contributed by atoms with E-state index in [0.29, 0.717) is 17.5 Å². The number of hydrogen-bond acceptors (Lipinski definition) is 5. The summed E-state index contributed by atoms with van der Waals surface area (Å²) in [6.45, 7) is 0. The first-order valence-corrected chi connectivity index (χ1v) is 19.6. The van der Waals surface area contributed by atoms with Gasteiger partial charge in [-0.3, -0.25) is 0 Å². The molecule has 8 aromatic carbocycles. The van der Waals surface area contributed by atoms with Gasteiger partial charge in [-0.1, -0.05) is 164 Å². The molecule has 10 aromatic rings. The number of aromatic nitrogens is 4. The van der Waals surface area contributed by atoms with Gasteiger partial charge in [0.1, 0.15) is 11.5 Å². The maximum absolute atomic E-state index is 6.62. The van der Waals surface area contributed by atoms with Gasteiger partial charge in [0.25, 0.3) is 0 Å². The van der Waals surface area contributed by atoms with Gasteiger partial charge in [0, 0.05) is 44.2 Å². The summed E-state index contributed by atoms with van der Waals surface area (Å²) in [6, 6.07) is 67.8. The first-order chi connectivity index (χ1) is 28.7. The van der Waals surface area contributed by atoms with E-state index in [4.69, 9.17) is 24.7 Å². The lowest BCUT2D eigenvalue weighted by atomic mass is 9.66. The molecule has 1 aliphatic carbocycles. The summed E-state index contributed by atoms with van der Waals surface area (Å²) in [5, 5.41) is 3.30. The van der Waals surface area contributed by atoms with E-state index in [2.05, 4.69) is 133 Å². The van der Waals surface area contributed by atoms with Crippen molar-refractivity contribution < 1.29 is 4.74 Å². The number of fused-ring (bicyclic) bond motifs is 12. The van der Waals surface area contributed by atoms with Gasteiger partial charge in [-0.2, -0.15) is 0 Å². The molecular weight excluding hydrogens is 709 g/mol. The van der Waals surface area contributed by atoms with Crippen molar-refractivity contribution in [2.45, 2.75) is 5.41 Å². The second kappa shape index (κ2) is 12.6. The smallest absolute Gasteiger partial charge is 0.164 e. The van der Waals surface area contributed by atoms with Crippen LogP contribution in [0, 0.1) is 0 Å². The molecule has 0 bridgehead atoms. The molecule has 0 fully saturated rings. The van der Waals surface area contributed by atoms with E-state index >= 15 is 0 Å².